The van der Waals surface area contributed by atoms with Crippen molar-refractivity contribution >= 4 is 5.91 Å². The highest BCUT2D eigenvalue weighted by Gasteiger charge is 2.19. The normalized spacial score (nSPS) is 18.0. The van der Waals surface area contributed by atoms with E-state index in [1.54, 1.807) is 17.4 Å². The van der Waals surface area contributed by atoms with Crippen LogP contribution in [0.15, 0.2) is 31.0 Å². The molecule has 0 radical (unpaired) electrons. The topological polar surface area (TPSA) is 68.0 Å². The lowest BCUT2D eigenvalue weighted by Gasteiger charge is -2.23. The third-order valence-corrected chi connectivity index (χ3v) is 4.29. The zero-order valence-electron chi connectivity index (χ0n) is 13.6. The molecule has 3 rings (SSSR count). The minimum Gasteiger partial charge on any atom is -0.340 e. The Morgan fingerprint density at radius 1 is 1.48 bits per heavy atom. The predicted octanol–water partition coefficient (Wildman–Crippen LogP) is 1.17. The first-order valence-electron chi connectivity index (χ1n) is 8.21. The van der Waals surface area contributed by atoms with Crippen LogP contribution in [0.5, 0.6) is 0 Å². The summed E-state index contributed by atoms with van der Waals surface area (Å²) in [5.41, 5.74) is 0.528. The van der Waals surface area contributed by atoms with Gasteiger partial charge in [0.05, 0.1) is 12.4 Å². The van der Waals surface area contributed by atoms with Crippen LogP contribution in [0, 0.1) is 0 Å². The van der Waals surface area contributed by atoms with Crippen molar-refractivity contribution in [3.05, 3.63) is 36.7 Å². The molecule has 0 aromatic carbocycles. The Labute approximate surface area is 136 Å². The second-order valence-corrected chi connectivity index (χ2v) is 6.06. The third kappa shape index (κ3) is 3.98. The molecule has 0 saturated carbocycles. The van der Waals surface area contributed by atoms with Gasteiger partial charge in [-0.3, -0.25) is 9.48 Å². The maximum atomic E-state index is 12.4. The molecule has 1 saturated heterocycles. The van der Waals surface area contributed by atoms with E-state index < -0.39 is 0 Å². The molecule has 1 amide bonds. The summed E-state index contributed by atoms with van der Waals surface area (Å²) in [5.74, 6) is -0.0156. The molecule has 0 aliphatic carbocycles. The molecule has 1 atom stereocenters. The van der Waals surface area contributed by atoms with Gasteiger partial charge in [0.2, 0.25) is 0 Å². The van der Waals surface area contributed by atoms with Gasteiger partial charge >= 0.3 is 0 Å². The number of nitrogens with one attached hydrogen (secondary N) is 1. The van der Waals surface area contributed by atoms with Crippen molar-refractivity contribution in [2.75, 3.05) is 26.7 Å². The van der Waals surface area contributed by atoms with Crippen molar-refractivity contribution in [3.8, 4) is 0 Å². The molecule has 2 aromatic rings. The number of hydrogen-bond acceptors (Lipinski definition) is 4. The average Bonchev–Trinajstić information content (AvgIpc) is 3.26. The van der Waals surface area contributed by atoms with Crippen LogP contribution in [0.1, 0.15) is 35.8 Å². The van der Waals surface area contributed by atoms with Gasteiger partial charge in [0.1, 0.15) is 5.69 Å². The largest absolute Gasteiger partial charge is 0.340 e. The van der Waals surface area contributed by atoms with E-state index in [9.17, 15) is 4.79 Å². The van der Waals surface area contributed by atoms with Crippen molar-refractivity contribution in [2.24, 2.45) is 0 Å². The molecule has 1 N–H and O–H groups in total. The molecule has 7 heteroatoms. The first-order valence-corrected chi connectivity index (χ1v) is 8.21. The Morgan fingerprint density at radius 2 is 2.39 bits per heavy atom. The molecule has 1 aliphatic heterocycles. The predicted molar refractivity (Wildman–Crippen MR) is 87.2 cm³/mol. The molecule has 0 spiro atoms. The summed E-state index contributed by atoms with van der Waals surface area (Å²) in [4.78, 5) is 18.2. The quantitative estimate of drug-likeness (QED) is 0.868. The number of carbonyl (C=O) groups is 1. The van der Waals surface area contributed by atoms with Crippen LogP contribution in [-0.4, -0.2) is 56.8 Å². The van der Waals surface area contributed by atoms with Gasteiger partial charge in [0.15, 0.2) is 0 Å². The lowest BCUT2D eigenvalue weighted by Crippen LogP contribution is -2.32. The number of imidazole rings is 1. The average molecular weight is 316 g/mol. The molecule has 1 fully saturated rings. The summed E-state index contributed by atoms with van der Waals surface area (Å²) in [6, 6.07) is 2.18. The number of nitrogens with zero attached hydrogens (tertiary/aromatic N) is 5. The number of hydrogen-bond donors (Lipinski definition) is 1. The summed E-state index contributed by atoms with van der Waals surface area (Å²) >= 11 is 0. The van der Waals surface area contributed by atoms with Gasteiger partial charge in [0.25, 0.3) is 5.91 Å². The maximum Gasteiger partial charge on any atom is 0.274 e. The zero-order valence-corrected chi connectivity index (χ0v) is 13.6. The highest BCUT2D eigenvalue weighted by molar-refractivity contribution is 5.91. The van der Waals surface area contributed by atoms with Crippen LogP contribution in [0.2, 0.25) is 0 Å². The van der Waals surface area contributed by atoms with Crippen LogP contribution in [0.25, 0.3) is 0 Å². The van der Waals surface area contributed by atoms with Crippen molar-refractivity contribution in [3.63, 3.8) is 0 Å². The lowest BCUT2D eigenvalue weighted by molar-refractivity contribution is 0.0784. The summed E-state index contributed by atoms with van der Waals surface area (Å²) < 4.78 is 3.95. The highest BCUT2D eigenvalue weighted by Crippen LogP contribution is 2.16. The van der Waals surface area contributed by atoms with Crippen LogP contribution in [-0.2, 0) is 6.54 Å². The number of rotatable bonds is 6. The standard InChI is InChI=1S/C16H24N6O/c1-20(8-3-9-21-11-7-18-13-21)16(23)15-5-10-22(19-15)14-4-2-6-17-12-14/h5,7,10-11,13-14,17H,2-4,6,8-9,12H2,1H3. The Morgan fingerprint density at radius 3 is 3.13 bits per heavy atom. The van der Waals surface area contributed by atoms with E-state index in [0.29, 0.717) is 18.3 Å². The molecule has 23 heavy (non-hydrogen) atoms. The molecule has 7 nitrogen and oxygen atoms in total. The molecule has 124 valence electrons. The third-order valence-electron chi connectivity index (χ3n) is 4.29. The van der Waals surface area contributed by atoms with Crippen molar-refractivity contribution < 1.29 is 4.79 Å². The van der Waals surface area contributed by atoms with E-state index in [-0.39, 0.29) is 5.91 Å². The fourth-order valence-electron chi connectivity index (χ4n) is 2.92. The number of carbonyl (C=O) groups excluding carboxylic acids is 1. The fourth-order valence-corrected chi connectivity index (χ4v) is 2.92. The number of aromatic nitrogens is 4. The van der Waals surface area contributed by atoms with Gasteiger partial charge in [-0.05, 0) is 31.9 Å². The second-order valence-electron chi connectivity index (χ2n) is 6.06. The van der Waals surface area contributed by atoms with E-state index in [1.807, 2.05) is 34.8 Å². The molecule has 0 bridgehead atoms. The van der Waals surface area contributed by atoms with Gasteiger partial charge in [-0.1, -0.05) is 0 Å². The highest BCUT2D eigenvalue weighted by atomic mass is 16.2. The first kappa shape index (κ1) is 15.7. The number of piperidine rings is 1. The Balaban J connectivity index is 1.51. The van der Waals surface area contributed by atoms with E-state index in [4.69, 9.17) is 0 Å². The van der Waals surface area contributed by atoms with Gasteiger partial charge < -0.3 is 14.8 Å². The number of aryl methyl sites for hydroxylation is 1. The first-order chi connectivity index (χ1) is 11.2. The second kappa shape index (κ2) is 7.41. The SMILES string of the molecule is CN(CCCn1ccnc1)C(=O)c1ccn(C2CCCNC2)n1. The molecule has 3 heterocycles. The maximum absolute atomic E-state index is 12.4. The Bertz CT molecular complexity index is 614. The fraction of sp³-hybridized carbons (Fsp3) is 0.562. The zero-order chi connectivity index (χ0) is 16.1. The number of amides is 1. The van der Waals surface area contributed by atoms with Gasteiger partial charge in [-0.25, -0.2) is 4.98 Å². The van der Waals surface area contributed by atoms with E-state index in [1.165, 1.54) is 0 Å². The molecule has 1 unspecified atom stereocenters. The van der Waals surface area contributed by atoms with E-state index in [0.717, 1.165) is 38.9 Å². The van der Waals surface area contributed by atoms with E-state index in [2.05, 4.69) is 15.4 Å². The molecular formula is C16H24N6O. The van der Waals surface area contributed by atoms with Crippen LogP contribution >= 0.6 is 0 Å². The summed E-state index contributed by atoms with van der Waals surface area (Å²) in [7, 11) is 1.83. The van der Waals surface area contributed by atoms with E-state index >= 15 is 0 Å². The summed E-state index contributed by atoms with van der Waals surface area (Å²) in [5, 5.41) is 7.86. The molecular weight excluding hydrogens is 292 g/mol. The molecule has 1 aliphatic rings. The van der Waals surface area contributed by atoms with Crippen LogP contribution < -0.4 is 5.32 Å². The van der Waals surface area contributed by atoms with Gasteiger partial charge in [0, 0.05) is 45.3 Å². The molecule has 2 aromatic heterocycles. The smallest absolute Gasteiger partial charge is 0.274 e. The minimum absolute atomic E-state index is 0.0156. The van der Waals surface area contributed by atoms with Crippen LogP contribution in [0.3, 0.4) is 0 Å². The van der Waals surface area contributed by atoms with Crippen molar-refractivity contribution in [1.82, 2.24) is 29.5 Å². The van der Waals surface area contributed by atoms with Crippen molar-refractivity contribution in [1.29, 1.82) is 0 Å². The van der Waals surface area contributed by atoms with Crippen molar-refractivity contribution in [2.45, 2.75) is 31.8 Å². The summed E-state index contributed by atoms with van der Waals surface area (Å²) in [6.45, 7) is 3.56. The van der Waals surface area contributed by atoms with Crippen LogP contribution in [0.4, 0.5) is 0 Å². The summed E-state index contributed by atoms with van der Waals surface area (Å²) in [6.07, 6.45) is 10.6. The lowest BCUT2D eigenvalue weighted by atomic mass is 10.1. The Hall–Kier alpha value is -2.15. The van der Waals surface area contributed by atoms with Gasteiger partial charge in [-0.2, -0.15) is 5.10 Å². The minimum atomic E-state index is -0.0156. The monoisotopic (exact) mass is 316 g/mol. The Kier molecular flexibility index (Phi) is 5.07. The van der Waals surface area contributed by atoms with Gasteiger partial charge in [-0.15, -0.1) is 0 Å².